The summed E-state index contributed by atoms with van der Waals surface area (Å²) in [5.74, 6) is -0.370. The number of rotatable bonds is 9. The zero-order chi connectivity index (χ0) is 21.0. The van der Waals surface area contributed by atoms with Gasteiger partial charge in [0.2, 0.25) is 5.91 Å². The maximum Gasteiger partial charge on any atom is 0.303 e. The molecule has 3 rings (SSSR count). The van der Waals surface area contributed by atoms with E-state index in [-0.39, 0.29) is 18.7 Å². The molecular weight excluding hydrogens is 384 g/mol. The first-order valence-electron chi connectivity index (χ1n) is 9.66. The van der Waals surface area contributed by atoms with Crippen molar-refractivity contribution >= 4 is 34.5 Å². The Hall–Kier alpha value is -2.73. The fourth-order valence-corrected chi connectivity index (χ4v) is 4.70. The number of thioether (sulfide) groups is 1. The molecule has 2 aromatic carbocycles. The highest BCUT2D eigenvalue weighted by atomic mass is 32.2. The average Bonchev–Trinajstić information content (AvgIpc) is 2.92. The molecule has 0 saturated carbocycles. The molecular formula is C23H26N2O3S. The number of carbonyl (C=O) groups excluding carboxylic acids is 1. The molecule has 0 spiro atoms. The lowest BCUT2D eigenvalue weighted by molar-refractivity contribution is -0.137. The zero-order valence-corrected chi connectivity index (χ0v) is 17.6. The number of carbonyl (C=O) groups is 2. The number of aryl methyl sites for hydroxylation is 1. The molecule has 6 heteroatoms. The number of benzene rings is 2. The molecule has 0 saturated heterocycles. The summed E-state index contributed by atoms with van der Waals surface area (Å²) in [6.07, 6.45) is 1.00. The minimum atomic E-state index is -0.769. The quantitative estimate of drug-likeness (QED) is 0.407. The van der Waals surface area contributed by atoms with Crippen LogP contribution in [0.1, 0.15) is 35.2 Å². The lowest BCUT2D eigenvalue weighted by Crippen LogP contribution is -2.14. The van der Waals surface area contributed by atoms with Crippen LogP contribution in [-0.4, -0.2) is 27.3 Å². The number of carboxylic acids is 1. The second kappa shape index (κ2) is 9.18. The summed E-state index contributed by atoms with van der Waals surface area (Å²) in [6.45, 7) is 4.85. The molecule has 0 aliphatic carbocycles. The number of aromatic nitrogens is 1. The third-order valence-electron chi connectivity index (χ3n) is 5.05. The summed E-state index contributed by atoms with van der Waals surface area (Å²) in [4.78, 5) is 23.5. The Morgan fingerprint density at radius 2 is 1.86 bits per heavy atom. The van der Waals surface area contributed by atoms with Gasteiger partial charge >= 0.3 is 5.97 Å². The van der Waals surface area contributed by atoms with E-state index in [1.165, 1.54) is 5.56 Å². The van der Waals surface area contributed by atoms with Gasteiger partial charge in [-0.3, -0.25) is 9.59 Å². The van der Waals surface area contributed by atoms with E-state index in [4.69, 9.17) is 10.8 Å². The highest BCUT2D eigenvalue weighted by Crippen LogP contribution is 2.34. The molecule has 1 amide bonds. The number of nitrogens with two attached hydrogens (primary N) is 1. The monoisotopic (exact) mass is 410 g/mol. The summed E-state index contributed by atoms with van der Waals surface area (Å²) in [7, 11) is 0. The van der Waals surface area contributed by atoms with Gasteiger partial charge in [-0.1, -0.05) is 30.3 Å². The van der Waals surface area contributed by atoms with Crippen molar-refractivity contribution in [2.75, 3.05) is 5.75 Å². The van der Waals surface area contributed by atoms with E-state index in [1.807, 2.05) is 25.1 Å². The Labute approximate surface area is 174 Å². The van der Waals surface area contributed by atoms with Gasteiger partial charge in [-0.2, -0.15) is 0 Å². The highest BCUT2D eigenvalue weighted by molar-refractivity contribution is 7.99. The van der Waals surface area contributed by atoms with Crippen molar-refractivity contribution in [3.05, 3.63) is 64.8 Å². The van der Waals surface area contributed by atoms with E-state index >= 15 is 0 Å². The normalized spacial score (nSPS) is 11.1. The fourth-order valence-electron chi connectivity index (χ4n) is 3.72. The fraction of sp³-hybridized carbons (Fsp3) is 0.304. The topological polar surface area (TPSA) is 85.3 Å². The second-order valence-corrected chi connectivity index (χ2v) is 8.43. The molecule has 0 atom stereocenters. The van der Waals surface area contributed by atoms with E-state index in [0.717, 1.165) is 44.9 Å². The van der Waals surface area contributed by atoms with Crippen LogP contribution in [0.15, 0.2) is 47.4 Å². The van der Waals surface area contributed by atoms with Crippen molar-refractivity contribution in [2.24, 2.45) is 5.73 Å². The molecule has 29 heavy (non-hydrogen) atoms. The molecule has 5 nitrogen and oxygen atoms in total. The van der Waals surface area contributed by atoms with Crippen LogP contribution in [0.2, 0.25) is 0 Å². The zero-order valence-electron chi connectivity index (χ0n) is 16.8. The predicted octanol–water partition coefficient (Wildman–Crippen LogP) is 4.29. The summed E-state index contributed by atoms with van der Waals surface area (Å²) in [5.41, 5.74) is 11.0. The van der Waals surface area contributed by atoms with Crippen molar-refractivity contribution in [1.82, 2.24) is 4.57 Å². The van der Waals surface area contributed by atoms with Gasteiger partial charge in [0.05, 0.1) is 11.9 Å². The molecule has 0 unspecified atom stereocenters. The molecule has 3 N–H and O–H groups in total. The van der Waals surface area contributed by atoms with Crippen molar-refractivity contribution in [3.63, 3.8) is 0 Å². The molecule has 1 heterocycles. The molecule has 1 aromatic heterocycles. The second-order valence-electron chi connectivity index (χ2n) is 7.26. The van der Waals surface area contributed by atoms with Crippen LogP contribution in [0.4, 0.5) is 0 Å². The van der Waals surface area contributed by atoms with E-state index in [0.29, 0.717) is 6.42 Å². The van der Waals surface area contributed by atoms with Crippen LogP contribution in [0.3, 0.4) is 0 Å². The Bertz CT molecular complexity index is 1040. The van der Waals surface area contributed by atoms with Gasteiger partial charge in [0.1, 0.15) is 0 Å². The molecule has 152 valence electrons. The SMILES string of the molecule is Cc1cc(SCCCC(=O)O)cc2c(CC(N)=O)c(C)n(Cc3ccccc3)c12. The van der Waals surface area contributed by atoms with E-state index in [1.54, 1.807) is 11.8 Å². The maximum atomic E-state index is 11.7. The number of amides is 1. The largest absolute Gasteiger partial charge is 0.481 e. The third-order valence-corrected chi connectivity index (χ3v) is 6.11. The minimum Gasteiger partial charge on any atom is -0.481 e. The van der Waals surface area contributed by atoms with Crippen molar-refractivity contribution in [2.45, 2.75) is 44.6 Å². The molecule has 0 aliphatic rings. The number of nitrogens with zero attached hydrogens (tertiary/aromatic N) is 1. The van der Waals surface area contributed by atoms with Gasteiger partial charge in [-0.25, -0.2) is 0 Å². The Balaban J connectivity index is 2.01. The number of carboxylic acid groups (broad SMARTS) is 1. The molecule has 0 fully saturated rings. The van der Waals surface area contributed by atoms with E-state index in [9.17, 15) is 9.59 Å². The first kappa shape index (κ1) is 21.0. The molecule has 0 radical (unpaired) electrons. The van der Waals surface area contributed by atoms with Crippen LogP contribution in [0.25, 0.3) is 10.9 Å². The van der Waals surface area contributed by atoms with Gasteiger partial charge in [0.15, 0.2) is 0 Å². The summed E-state index contributed by atoms with van der Waals surface area (Å²) in [5, 5.41) is 9.87. The number of hydrogen-bond acceptors (Lipinski definition) is 3. The van der Waals surface area contributed by atoms with Crippen LogP contribution in [0, 0.1) is 13.8 Å². The van der Waals surface area contributed by atoms with Gasteiger partial charge in [0, 0.05) is 28.9 Å². The molecule has 0 aliphatic heterocycles. The van der Waals surface area contributed by atoms with Crippen LogP contribution in [-0.2, 0) is 22.6 Å². The maximum absolute atomic E-state index is 11.7. The summed E-state index contributed by atoms with van der Waals surface area (Å²) < 4.78 is 2.26. The summed E-state index contributed by atoms with van der Waals surface area (Å²) in [6, 6.07) is 14.5. The predicted molar refractivity (Wildman–Crippen MR) is 117 cm³/mol. The van der Waals surface area contributed by atoms with Gasteiger partial charge in [-0.15, -0.1) is 11.8 Å². The van der Waals surface area contributed by atoms with Crippen LogP contribution < -0.4 is 5.73 Å². The van der Waals surface area contributed by atoms with Crippen molar-refractivity contribution in [3.8, 4) is 0 Å². The first-order chi connectivity index (χ1) is 13.9. The highest BCUT2D eigenvalue weighted by Gasteiger charge is 2.18. The first-order valence-corrected chi connectivity index (χ1v) is 10.6. The van der Waals surface area contributed by atoms with Gasteiger partial charge in [-0.05, 0) is 54.8 Å². The minimum absolute atomic E-state index is 0.174. The van der Waals surface area contributed by atoms with E-state index in [2.05, 4.69) is 35.8 Å². The van der Waals surface area contributed by atoms with E-state index < -0.39 is 5.97 Å². The van der Waals surface area contributed by atoms with Crippen LogP contribution >= 0.6 is 11.8 Å². The molecule has 0 bridgehead atoms. The van der Waals surface area contributed by atoms with Gasteiger partial charge < -0.3 is 15.4 Å². The Kier molecular flexibility index (Phi) is 6.64. The molecule has 3 aromatic rings. The lowest BCUT2D eigenvalue weighted by Gasteiger charge is -2.11. The lowest BCUT2D eigenvalue weighted by atomic mass is 10.1. The van der Waals surface area contributed by atoms with Gasteiger partial charge in [0.25, 0.3) is 0 Å². The number of hydrogen-bond donors (Lipinski definition) is 2. The van der Waals surface area contributed by atoms with Crippen molar-refractivity contribution < 1.29 is 14.7 Å². The smallest absolute Gasteiger partial charge is 0.303 e. The Morgan fingerprint density at radius 1 is 1.14 bits per heavy atom. The van der Waals surface area contributed by atoms with Crippen molar-refractivity contribution in [1.29, 1.82) is 0 Å². The number of aliphatic carboxylic acids is 1. The number of fused-ring (bicyclic) bond motifs is 1. The third kappa shape index (κ3) is 5.01. The van der Waals surface area contributed by atoms with Crippen LogP contribution in [0.5, 0.6) is 0 Å². The summed E-state index contributed by atoms with van der Waals surface area (Å²) >= 11 is 1.65. The number of primary amides is 1. The Morgan fingerprint density at radius 3 is 2.52 bits per heavy atom. The average molecular weight is 411 g/mol. The standard InChI is InChI=1S/C23H26N2O3S/c1-15-11-18(29-10-6-9-22(27)28)12-20-19(13-21(24)26)16(2)25(23(15)20)14-17-7-4-3-5-8-17/h3-5,7-8,11-12H,6,9-10,13-14H2,1-2H3,(H2,24,26)(H,27,28).